The smallest absolute Gasteiger partial charge is 0.343 e. The molecule has 0 fully saturated rings. The van der Waals surface area contributed by atoms with Crippen molar-refractivity contribution in [3.63, 3.8) is 0 Å². The second-order valence-corrected chi connectivity index (χ2v) is 4.55. The van der Waals surface area contributed by atoms with Gasteiger partial charge >= 0.3 is 5.97 Å². The molecule has 116 valence electrons. The van der Waals surface area contributed by atoms with E-state index in [-0.39, 0.29) is 17.0 Å². The molecule has 0 bridgehead atoms. The summed E-state index contributed by atoms with van der Waals surface area (Å²) in [6.45, 7) is 1.63. The summed E-state index contributed by atoms with van der Waals surface area (Å²) in [6, 6.07) is 5.26. The first kappa shape index (κ1) is 15.6. The molecular weight excluding hydrogens is 286 g/mol. The zero-order valence-electron chi connectivity index (χ0n) is 12.8. The molecule has 0 atom stereocenters. The number of carbonyl (C=O) groups is 1. The van der Waals surface area contributed by atoms with Gasteiger partial charge in [-0.15, -0.1) is 0 Å². The number of rotatable bonds is 4. The summed E-state index contributed by atoms with van der Waals surface area (Å²) in [5.74, 6) is 0.400. The van der Waals surface area contributed by atoms with E-state index >= 15 is 0 Å². The van der Waals surface area contributed by atoms with Gasteiger partial charge in [0.2, 0.25) is 0 Å². The molecule has 1 heterocycles. The van der Waals surface area contributed by atoms with Crippen LogP contribution in [0.25, 0.3) is 6.08 Å². The van der Waals surface area contributed by atoms with Crippen molar-refractivity contribution in [1.82, 2.24) is 0 Å². The minimum Gasteiger partial charge on any atom is -0.505 e. The lowest BCUT2D eigenvalue weighted by molar-refractivity contribution is -0.135. The quantitative estimate of drug-likeness (QED) is 0.865. The van der Waals surface area contributed by atoms with Crippen molar-refractivity contribution in [2.45, 2.75) is 6.92 Å². The first-order valence-electron chi connectivity index (χ1n) is 6.53. The molecule has 6 heteroatoms. The lowest BCUT2D eigenvalue weighted by atomic mass is 10.1. The summed E-state index contributed by atoms with van der Waals surface area (Å²) in [5, 5.41) is 10.2. The van der Waals surface area contributed by atoms with Crippen molar-refractivity contribution in [2.24, 2.45) is 4.99 Å². The van der Waals surface area contributed by atoms with E-state index in [1.54, 1.807) is 45.4 Å². The van der Waals surface area contributed by atoms with Gasteiger partial charge in [-0.1, -0.05) is 0 Å². The Bertz CT molecular complexity index is 700. The third-order valence-corrected chi connectivity index (χ3v) is 3.25. The molecular formula is C16H17NO5. The zero-order chi connectivity index (χ0) is 16.3. The summed E-state index contributed by atoms with van der Waals surface area (Å²) in [6.07, 6.45) is 1.62. The number of carbonyl (C=O) groups excluding carboxylic acids is 1. The summed E-state index contributed by atoms with van der Waals surface area (Å²) in [4.78, 5) is 15.9. The van der Waals surface area contributed by atoms with Gasteiger partial charge in [-0.25, -0.2) is 9.79 Å². The van der Waals surface area contributed by atoms with E-state index in [0.29, 0.717) is 22.8 Å². The van der Waals surface area contributed by atoms with Crippen molar-refractivity contribution in [2.75, 3.05) is 21.3 Å². The van der Waals surface area contributed by atoms with Gasteiger partial charge in [0.1, 0.15) is 22.8 Å². The lowest BCUT2D eigenvalue weighted by Crippen LogP contribution is -2.11. The Kier molecular flexibility index (Phi) is 4.50. The van der Waals surface area contributed by atoms with E-state index in [0.717, 1.165) is 0 Å². The van der Waals surface area contributed by atoms with Gasteiger partial charge < -0.3 is 19.3 Å². The Morgan fingerprint density at radius 1 is 1.23 bits per heavy atom. The number of hydrogen-bond donors (Lipinski definition) is 1. The van der Waals surface area contributed by atoms with Crippen molar-refractivity contribution in [3.8, 4) is 11.5 Å². The molecule has 6 nitrogen and oxygen atoms in total. The van der Waals surface area contributed by atoms with E-state index in [2.05, 4.69) is 9.73 Å². The van der Waals surface area contributed by atoms with Crippen LogP contribution in [0.4, 0.5) is 0 Å². The van der Waals surface area contributed by atoms with Gasteiger partial charge in [0, 0.05) is 5.56 Å². The van der Waals surface area contributed by atoms with Gasteiger partial charge in [-0.3, -0.25) is 0 Å². The maximum absolute atomic E-state index is 11.7. The number of benzene rings is 1. The Morgan fingerprint density at radius 2 is 1.95 bits per heavy atom. The minimum absolute atomic E-state index is 0.0654. The van der Waals surface area contributed by atoms with Crippen LogP contribution in [0, 0.1) is 0 Å². The third-order valence-electron chi connectivity index (χ3n) is 3.25. The molecule has 0 aromatic heterocycles. The highest BCUT2D eigenvalue weighted by molar-refractivity contribution is 6.22. The Hall–Kier alpha value is -2.76. The number of methoxy groups -OCH3 is 3. The van der Waals surface area contributed by atoms with Crippen LogP contribution in [-0.2, 0) is 9.53 Å². The van der Waals surface area contributed by atoms with Gasteiger partial charge in [0.25, 0.3) is 0 Å². The molecule has 0 saturated heterocycles. The molecule has 1 aliphatic heterocycles. The molecule has 1 aromatic rings. The molecule has 2 rings (SSSR count). The maximum Gasteiger partial charge on any atom is 0.343 e. The number of aliphatic hydroxyl groups excluding tert-OH is 1. The topological polar surface area (TPSA) is 77.4 Å². The minimum atomic E-state index is -0.625. The molecule has 22 heavy (non-hydrogen) atoms. The number of aliphatic imine (C=N–C) groups is 1. The molecule has 1 N–H and O–H groups in total. The molecule has 1 aromatic carbocycles. The predicted molar refractivity (Wildman–Crippen MR) is 82.3 cm³/mol. The Balaban J connectivity index is 2.51. The normalized spacial score (nSPS) is 15.8. The maximum atomic E-state index is 11.7. The number of hydrogen-bond acceptors (Lipinski definition) is 6. The fourth-order valence-corrected chi connectivity index (χ4v) is 2.14. The molecule has 0 amide bonds. The average molecular weight is 303 g/mol. The van der Waals surface area contributed by atoms with Crippen molar-refractivity contribution >= 4 is 17.8 Å². The van der Waals surface area contributed by atoms with Crippen molar-refractivity contribution in [3.05, 3.63) is 40.8 Å². The highest BCUT2D eigenvalue weighted by Crippen LogP contribution is 2.31. The van der Waals surface area contributed by atoms with Gasteiger partial charge in [0.15, 0.2) is 5.76 Å². The SMILES string of the molecule is COC(=O)C1=C(O)C(=Cc2cc(OC)ccc2OC)N=C1C. The van der Waals surface area contributed by atoms with Crippen LogP contribution in [0.15, 0.2) is 40.2 Å². The third kappa shape index (κ3) is 2.81. The number of nitrogens with zero attached hydrogens (tertiary/aromatic N) is 1. The second-order valence-electron chi connectivity index (χ2n) is 4.55. The fourth-order valence-electron chi connectivity index (χ4n) is 2.14. The first-order valence-corrected chi connectivity index (χ1v) is 6.53. The summed E-state index contributed by atoms with van der Waals surface area (Å²) < 4.78 is 15.1. The summed E-state index contributed by atoms with van der Waals surface area (Å²) in [7, 11) is 4.36. The largest absolute Gasteiger partial charge is 0.505 e. The van der Waals surface area contributed by atoms with E-state index in [9.17, 15) is 9.90 Å². The van der Waals surface area contributed by atoms with Crippen LogP contribution in [0.1, 0.15) is 12.5 Å². The summed E-state index contributed by atoms with van der Waals surface area (Å²) in [5.41, 5.74) is 1.41. The first-order chi connectivity index (χ1) is 10.5. The number of ether oxygens (including phenoxy) is 3. The lowest BCUT2D eigenvalue weighted by Gasteiger charge is -2.08. The Morgan fingerprint density at radius 3 is 2.55 bits per heavy atom. The van der Waals surface area contributed by atoms with Crippen molar-refractivity contribution in [1.29, 1.82) is 0 Å². The number of aliphatic hydroxyl groups is 1. The van der Waals surface area contributed by atoms with Crippen LogP contribution in [0.2, 0.25) is 0 Å². The van der Waals surface area contributed by atoms with Gasteiger partial charge in [-0.05, 0) is 31.2 Å². The van der Waals surface area contributed by atoms with E-state index in [1.165, 1.54) is 7.11 Å². The van der Waals surface area contributed by atoms with E-state index in [4.69, 9.17) is 9.47 Å². The van der Waals surface area contributed by atoms with Gasteiger partial charge in [0.05, 0.1) is 27.0 Å². The highest BCUT2D eigenvalue weighted by Gasteiger charge is 2.27. The highest BCUT2D eigenvalue weighted by atomic mass is 16.5. The summed E-state index contributed by atoms with van der Waals surface area (Å²) >= 11 is 0. The molecule has 1 aliphatic rings. The van der Waals surface area contributed by atoms with Crippen LogP contribution in [-0.4, -0.2) is 38.1 Å². The zero-order valence-corrected chi connectivity index (χ0v) is 12.8. The second kappa shape index (κ2) is 6.34. The average Bonchev–Trinajstić information content (AvgIpc) is 2.80. The standard InChI is InChI=1S/C16H17NO5/c1-9-14(16(19)22-4)15(18)12(17-9)8-10-7-11(20-2)5-6-13(10)21-3/h5-8,18H,1-4H3. The van der Waals surface area contributed by atoms with Crippen LogP contribution in [0.5, 0.6) is 11.5 Å². The molecule has 0 spiro atoms. The van der Waals surface area contributed by atoms with Crippen molar-refractivity contribution < 1.29 is 24.1 Å². The predicted octanol–water partition coefficient (Wildman–Crippen LogP) is 2.50. The van der Waals surface area contributed by atoms with E-state index in [1.807, 2.05) is 0 Å². The van der Waals surface area contributed by atoms with E-state index < -0.39 is 5.97 Å². The van der Waals surface area contributed by atoms with Crippen LogP contribution >= 0.6 is 0 Å². The number of esters is 1. The Labute approximate surface area is 128 Å². The molecule has 0 unspecified atom stereocenters. The monoisotopic (exact) mass is 303 g/mol. The van der Waals surface area contributed by atoms with Crippen LogP contribution in [0.3, 0.4) is 0 Å². The molecule has 0 saturated carbocycles. The fraction of sp³-hybridized carbons (Fsp3) is 0.250. The molecule has 0 radical (unpaired) electrons. The van der Waals surface area contributed by atoms with Crippen LogP contribution < -0.4 is 9.47 Å². The van der Waals surface area contributed by atoms with Gasteiger partial charge in [-0.2, -0.15) is 0 Å². The molecule has 0 aliphatic carbocycles.